The van der Waals surface area contributed by atoms with E-state index in [1.54, 1.807) is 18.2 Å². The lowest BCUT2D eigenvalue weighted by molar-refractivity contribution is 0.102. The molecule has 0 bridgehead atoms. The van der Waals surface area contributed by atoms with E-state index in [4.69, 9.17) is 16.3 Å². The second-order valence-electron chi connectivity index (χ2n) is 5.73. The summed E-state index contributed by atoms with van der Waals surface area (Å²) in [6.07, 6.45) is 0. The zero-order chi connectivity index (χ0) is 17.0. The van der Waals surface area contributed by atoms with Gasteiger partial charge in [-0.1, -0.05) is 43.6 Å². The molecule has 0 saturated heterocycles. The molecule has 0 radical (unpaired) electrons. The van der Waals surface area contributed by atoms with Crippen LogP contribution in [-0.2, 0) is 0 Å². The SMILES string of the molecule is CCOc1ccc(C(=O)Nc2c(C)cccc2C(C)C)cc1Cl. The molecule has 1 amide bonds. The van der Waals surface area contributed by atoms with Gasteiger partial charge in [-0.3, -0.25) is 4.79 Å². The smallest absolute Gasteiger partial charge is 0.255 e. The molecule has 0 fully saturated rings. The summed E-state index contributed by atoms with van der Waals surface area (Å²) in [7, 11) is 0. The van der Waals surface area contributed by atoms with E-state index in [0.29, 0.717) is 28.9 Å². The van der Waals surface area contributed by atoms with E-state index in [-0.39, 0.29) is 5.91 Å². The summed E-state index contributed by atoms with van der Waals surface area (Å²) < 4.78 is 5.40. The Morgan fingerprint density at radius 1 is 1.26 bits per heavy atom. The van der Waals surface area contributed by atoms with Crippen molar-refractivity contribution in [3.63, 3.8) is 0 Å². The van der Waals surface area contributed by atoms with Gasteiger partial charge < -0.3 is 10.1 Å². The van der Waals surface area contributed by atoms with Crippen molar-refractivity contribution in [3.05, 3.63) is 58.1 Å². The van der Waals surface area contributed by atoms with E-state index >= 15 is 0 Å². The molecule has 2 aromatic rings. The standard InChI is InChI=1S/C19H22ClNO2/c1-5-23-17-10-9-14(11-16(17)20)19(22)21-18-13(4)7-6-8-15(18)12(2)3/h6-12H,5H2,1-4H3,(H,21,22). The highest BCUT2D eigenvalue weighted by atomic mass is 35.5. The third-order valence-corrected chi connectivity index (χ3v) is 3.95. The van der Waals surface area contributed by atoms with Gasteiger partial charge in [0, 0.05) is 11.3 Å². The van der Waals surface area contributed by atoms with Gasteiger partial charge in [-0.2, -0.15) is 0 Å². The number of carbonyl (C=O) groups is 1. The average Bonchev–Trinajstić information content (AvgIpc) is 2.51. The number of ether oxygens (including phenoxy) is 1. The van der Waals surface area contributed by atoms with Crippen molar-refractivity contribution in [3.8, 4) is 5.75 Å². The number of hydrogen-bond acceptors (Lipinski definition) is 2. The van der Waals surface area contributed by atoms with Crippen LogP contribution in [-0.4, -0.2) is 12.5 Å². The normalized spacial score (nSPS) is 10.7. The maximum absolute atomic E-state index is 12.6. The topological polar surface area (TPSA) is 38.3 Å². The lowest BCUT2D eigenvalue weighted by Crippen LogP contribution is -2.15. The van der Waals surface area contributed by atoms with Crippen molar-refractivity contribution < 1.29 is 9.53 Å². The van der Waals surface area contributed by atoms with E-state index in [2.05, 4.69) is 19.2 Å². The van der Waals surface area contributed by atoms with Gasteiger partial charge in [-0.15, -0.1) is 0 Å². The predicted octanol–water partition coefficient (Wildman–Crippen LogP) is 5.42. The molecule has 0 atom stereocenters. The molecule has 0 heterocycles. The fourth-order valence-corrected chi connectivity index (χ4v) is 2.68. The van der Waals surface area contributed by atoms with E-state index in [9.17, 15) is 4.79 Å². The van der Waals surface area contributed by atoms with E-state index in [1.165, 1.54) is 0 Å². The summed E-state index contributed by atoms with van der Waals surface area (Å²) >= 11 is 6.16. The van der Waals surface area contributed by atoms with Crippen LogP contribution in [0.25, 0.3) is 0 Å². The van der Waals surface area contributed by atoms with Crippen LogP contribution in [0.1, 0.15) is 48.2 Å². The summed E-state index contributed by atoms with van der Waals surface area (Å²) in [4.78, 5) is 12.6. The maximum Gasteiger partial charge on any atom is 0.255 e. The third-order valence-electron chi connectivity index (χ3n) is 3.66. The molecule has 2 aromatic carbocycles. The van der Waals surface area contributed by atoms with Crippen LogP contribution in [0.2, 0.25) is 5.02 Å². The molecule has 0 saturated carbocycles. The first kappa shape index (κ1) is 17.4. The molecular weight excluding hydrogens is 310 g/mol. The van der Waals surface area contributed by atoms with Crippen LogP contribution in [0.5, 0.6) is 5.75 Å². The monoisotopic (exact) mass is 331 g/mol. The lowest BCUT2D eigenvalue weighted by atomic mass is 9.98. The van der Waals surface area contributed by atoms with Gasteiger partial charge in [-0.25, -0.2) is 0 Å². The average molecular weight is 332 g/mol. The second kappa shape index (κ2) is 7.51. The Balaban J connectivity index is 2.28. The van der Waals surface area contributed by atoms with Crippen LogP contribution in [0.15, 0.2) is 36.4 Å². The Kier molecular flexibility index (Phi) is 5.67. The molecule has 0 aromatic heterocycles. The van der Waals surface area contributed by atoms with Gasteiger partial charge in [0.2, 0.25) is 0 Å². The minimum atomic E-state index is -0.175. The van der Waals surface area contributed by atoms with E-state index < -0.39 is 0 Å². The molecule has 0 unspecified atom stereocenters. The number of para-hydroxylation sites is 1. The molecule has 0 aliphatic heterocycles. The molecule has 23 heavy (non-hydrogen) atoms. The summed E-state index contributed by atoms with van der Waals surface area (Å²) in [6.45, 7) is 8.64. The van der Waals surface area contributed by atoms with Gasteiger partial charge in [0.25, 0.3) is 5.91 Å². The number of halogens is 1. The number of carbonyl (C=O) groups excluding carboxylic acids is 1. The first-order valence-corrected chi connectivity index (χ1v) is 8.15. The number of nitrogens with one attached hydrogen (secondary N) is 1. The molecule has 0 aliphatic carbocycles. The van der Waals surface area contributed by atoms with Crippen molar-refractivity contribution in [1.29, 1.82) is 0 Å². The lowest BCUT2D eigenvalue weighted by Gasteiger charge is -2.16. The zero-order valence-electron chi connectivity index (χ0n) is 13.9. The number of amides is 1. The summed E-state index contributed by atoms with van der Waals surface area (Å²) in [5.74, 6) is 0.741. The number of rotatable bonds is 5. The number of benzene rings is 2. The maximum atomic E-state index is 12.6. The predicted molar refractivity (Wildman–Crippen MR) is 95.8 cm³/mol. The Labute approximate surface area is 142 Å². The van der Waals surface area contributed by atoms with Crippen molar-refractivity contribution in [2.75, 3.05) is 11.9 Å². The molecule has 4 heteroatoms. The van der Waals surface area contributed by atoms with Gasteiger partial charge in [-0.05, 0) is 49.1 Å². The number of hydrogen-bond donors (Lipinski definition) is 1. The molecule has 0 spiro atoms. The van der Waals surface area contributed by atoms with Gasteiger partial charge in [0.15, 0.2) is 0 Å². The third kappa shape index (κ3) is 4.05. The highest BCUT2D eigenvalue weighted by Crippen LogP contribution is 2.29. The Morgan fingerprint density at radius 3 is 2.61 bits per heavy atom. The summed E-state index contributed by atoms with van der Waals surface area (Å²) in [5.41, 5.74) is 3.55. The van der Waals surface area contributed by atoms with E-state index in [0.717, 1.165) is 16.8 Å². The molecule has 1 N–H and O–H groups in total. The van der Waals surface area contributed by atoms with Crippen LogP contribution >= 0.6 is 11.6 Å². The number of anilines is 1. The molecule has 122 valence electrons. The molecule has 3 nitrogen and oxygen atoms in total. The Hall–Kier alpha value is -2.00. The van der Waals surface area contributed by atoms with Crippen LogP contribution in [0, 0.1) is 6.92 Å². The first-order chi connectivity index (χ1) is 10.9. The summed E-state index contributed by atoms with van der Waals surface area (Å²) in [6, 6.07) is 11.1. The zero-order valence-corrected chi connectivity index (χ0v) is 14.7. The highest BCUT2D eigenvalue weighted by molar-refractivity contribution is 6.32. The summed E-state index contributed by atoms with van der Waals surface area (Å²) in [5, 5.41) is 3.46. The fraction of sp³-hybridized carbons (Fsp3) is 0.316. The van der Waals surface area contributed by atoms with Gasteiger partial charge in [0.05, 0.1) is 11.6 Å². The van der Waals surface area contributed by atoms with Gasteiger partial charge in [0.1, 0.15) is 5.75 Å². The first-order valence-electron chi connectivity index (χ1n) is 7.77. The molecular formula is C19H22ClNO2. The van der Waals surface area contributed by atoms with Crippen LogP contribution in [0.4, 0.5) is 5.69 Å². The van der Waals surface area contributed by atoms with E-state index in [1.807, 2.05) is 32.0 Å². The van der Waals surface area contributed by atoms with Gasteiger partial charge >= 0.3 is 0 Å². The fourth-order valence-electron chi connectivity index (χ4n) is 2.44. The Morgan fingerprint density at radius 2 is 2.00 bits per heavy atom. The second-order valence-corrected chi connectivity index (χ2v) is 6.13. The molecule has 0 aliphatic rings. The van der Waals surface area contributed by atoms with Crippen molar-refractivity contribution in [2.45, 2.75) is 33.6 Å². The highest BCUT2D eigenvalue weighted by Gasteiger charge is 2.14. The minimum absolute atomic E-state index is 0.175. The molecule has 2 rings (SSSR count). The van der Waals surface area contributed by atoms with Crippen molar-refractivity contribution in [1.82, 2.24) is 0 Å². The minimum Gasteiger partial charge on any atom is -0.492 e. The quantitative estimate of drug-likeness (QED) is 0.794. The Bertz CT molecular complexity index is 711. The number of aryl methyl sites for hydroxylation is 1. The van der Waals surface area contributed by atoms with Crippen LogP contribution in [0.3, 0.4) is 0 Å². The largest absolute Gasteiger partial charge is 0.492 e. The van der Waals surface area contributed by atoms with Crippen molar-refractivity contribution >= 4 is 23.2 Å². The van der Waals surface area contributed by atoms with Crippen LogP contribution < -0.4 is 10.1 Å². The van der Waals surface area contributed by atoms with Crippen molar-refractivity contribution in [2.24, 2.45) is 0 Å².